The monoisotopic (exact) mass is 322 g/mol. The van der Waals surface area contributed by atoms with Crippen LogP contribution < -0.4 is 4.90 Å². The Morgan fingerprint density at radius 2 is 1.84 bits per heavy atom. The van der Waals surface area contributed by atoms with E-state index in [1.54, 1.807) is 0 Å². The molecule has 1 amide bonds. The minimum Gasteiger partial charge on any atom is -0.268 e. The van der Waals surface area contributed by atoms with E-state index in [9.17, 15) is 4.79 Å². The van der Waals surface area contributed by atoms with Crippen molar-refractivity contribution in [3.05, 3.63) is 77.4 Å². The summed E-state index contributed by atoms with van der Waals surface area (Å²) in [4.78, 5) is 20.1. The fraction of sp³-hybridized carbons (Fsp3) is 0.0909. The molecule has 0 N–H and O–H groups in total. The van der Waals surface area contributed by atoms with Crippen molar-refractivity contribution < 1.29 is 4.79 Å². The van der Waals surface area contributed by atoms with Gasteiger partial charge < -0.3 is 0 Å². The molecule has 0 bridgehead atoms. The van der Waals surface area contributed by atoms with Gasteiger partial charge in [0, 0.05) is 16.9 Å². The number of anilines is 1. The summed E-state index contributed by atoms with van der Waals surface area (Å²) in [5.74, 6) is 1.03. The van der Waals surface area contributed by atoms with Crippen molar-refractivity contribution >= 4 is 40.0 Å². The summed E-state index contributed by atoms with van der Waals surface area (Å²) >= 11 is 0. The largest absolute Gasteiger partial charge is 0.268 e. The van der Waals surface area contributed by atoms with Gasteiger partial charge >= 0.3 is 0 Å². The van der Waals surface area contributed by atoms with Crippen molar-refractivity contribution in [1.29, 1.82) is 0 Å². The average molecular weight is 322 g/mol. The molecule has 2 heterocycles. The lowest BCUT2D eigenvalue weighted by Crippen LogP contribution is -2.46. The number of carbonyl (C=O) groups excluding carboxylic acids is 1. The van der Waals surface area contributed by atoms with E-state index in [0.29, 0.717) is 0 Å². The predicted molar refractivity (Wildman–Crippen MR) is 101 cm³/mol. The smallest absolute Gasteiger partial charge is 0.264 e. The van der Waals surface area contributed by atoms with Crippen LogP contribution in [0.3, 0.4) is 0 Å². The van der Waals surface area contributed by atoms with Gasteiger partial charge in [0.05, 0.1) is 11.4 Å². The number of aliphatic imine (C=N–C) groups is 1. The van der Waals surface area contributed by atoms with Crippen LogP contribution in [0.1, 0.15) is 33.8 Å². The highest BCUT2D eigenvalue weighted by atomic mass is 16.2. The number of hydrogen-bond donors (Lipinski definition) is 0. The van der Waals surface area contributed by atoms with Crippen LogP contribution in [0.4, 0.5) is 11.4 Å². The molecule has 1 atom stereocenters. The maximum Gasteiger partial charge on any atom is 0.264 e. The van der Waals surface area contributed by atoms with Crippen LogP contribution >= 0.6 is 0 Å². The fourth-order valence-electron chi connectivity index (χ4n) is 4.43. The molecule has 1 unspecified atom stereocenters. The maximum atomic E-state index is 13.4. The zero-order valence-corrected chi connectivity index (χ0v) is 13.4. The van der Waals surface area contributed by atoms with Gasteiger partial charge in [0.25, 0.3) is 5.91 Å². The number of benzene rings is 3. The molecule has 3 aliphatic rings. The minimum atomic E-state index is 0.0316. The summed E-state index contributed by atoms with van der Waals surface area (Å²) in [5.41, 5.74) is 5.00. The Balaban J connectivity index is 1.72. The number of amides is 1. The molecule has 3 aromatic carbocycles. The molecule has 0 spiro atoms. The van der Waals surface area contributed by atoms with Gasteiger partial charge in [0.1, 0.15) is 5.84 Å². The lowest BCUT2D eigenvalue weighted by Gasteiger charge is -2.39. The van der Waals surface area contributed by atoms with Crippen LogP contribution in [-0.2, 0) is 0 Å². The van der Waals surface area contributed by atoms with Gasteiger partial charge in [-0.2, -0.15) is 0 Å². The molecule has 3 aromatic rings. The Bertz CT molecular complexity index is 1150. The first-order valence-corrected chi connectivity index (χ1v) is 8.57. The predicted octanol–water partition coefficient (Wildman–Crippen LogP) is 5.04. The quantitative estimate of drug-likeness (QED) is 0.570. The van der Waals surface area contributed by atoms with Gasteiger partial charge in [-0.1, -0.05) is 48.6 Å². The summed E-state index contributed by atoms with van der Waals surface area (Å²) < 4.78 is 0. The third-order valence-corrected chi connectivity index (χ3v) is 5.47. The summed E-state index contributed by atoms with van der Waals surface area (Å²) in [6.07, 6.45) is 5.19. The van der Waals surface area contributed by atoms with Crippen LogP contribution in [0.25, 0.3) is 16.8 Å². The second-order valence-electron chi connectivity index (χ2n) is 6.76. The van der Waals surface area contributed by atoms with Gasteiger partial charge in [-0.15, -0.1) is 0 Å². The van der Waals surface area contributed by atoms with E-state index in [0.717, 1.165) is 51.1 Å². The van der Waals surface area contributed by atoms with Gasteiger partial charge in [-0.3, -0.25) is 9.69 Å². The first-order chi connectivity index (χ1) is 12.3. The molecule has 0 fully saturated rings. The molecule has 0 saturated heterocycles. The molecule has 118 valence electrons. The Hall–Kier alpha value is -3.20. The van der Waals surface area contributed by atoms with Gasteiger partial charge in [0.2, 0.25) is 0 Å². The highest BCUT2D eigenvalue weighted by molar-refractivity contribution is 6.33. The number of allylic oxidation sites excluding steroid dienone is 1. The molecule has 3 nitrogen and oxygen atoms in total. The SMILES string of the molecule is O=C1c2cccc3c2C(CC=C3)C2=Nc3cccc4cccc(c34)N12. The number of fused-ring (bicyclic) bond motifs is 3. The van der Waals surface area contributed by atoms with E-state index in [1.165, 1.54) is 0 Å². The number of amidine groups is 1. The molecule has 0 aromatic heterocycles. The molecule has 6 rings (SSSR count). The summed E-state index contributed by atoms with van der Waals surface area (Å²) in [6.45, 7) is 0. The normalized spacial score (nSPS) is 19.5. The lowest BCUT2D eigenvalue weighted by atomic mass is 9.79. The first kappa shape index (κ1) is 13.1. The molecule has 2 aliphatic heterocycles. The van der Waals surface area contributed by atoms with Gasteiger partial charge in [0.15, 0.2) is 0 Å². The van der Waals surface area contributed by atoms with Gasteiger partial charge in [-0.25, -0.2) is 4.99 Å². The van der Waals surface area contributed by atoms with E-state index in [4.69, 9.17) is 4.99 Å². The van der Waals surface area contributed by atoms with Crippen molar-refractivity contribution in [1.82, 2.24) is 0 Å². The Kier molecular flexibility index (Phi) is 2.34. The Morgan fingerprint density at radius 1 is 1.00 bits per heavy atom. The second-order valence-corrected chi connectivity index (χ2v) is 6.76. The molecule has 3 heteroatoms. The van der Waals surface area contributed by atoms with E-state index in [2.05, 4.69) is 30.4 Å². The van der Waals surface area contributed by atoms with E-state index < -0.39 is 0 Å². The average Bonchev–Trinajstić information content (AvgIpc) is 2.66. The Labute approximate surface area is 144 Å². The topological polar surface area (TPSA) is 32.7 Å². The van der Waals surface area contributed by atoms with Crippen LogP contribution in [-0.4, -0.2) is 11.7 Å². The van der Waals surface area contributed by atoms with E-state index in [1.807, 2.05) is 41.3 Å². The third kappa shape index (κ3) is 1.55. The summed E-state index contributed by atoms with van der Waals surface area (Å²) in [7, 11) is 0. The second kappa shape index (κ2) is 4.45. The third-order valence-electron chi connectivity index (χ3n) is 5.47. The van der Waals surface area contributed by atoms with Crippen molar-refractivity contribution in [3.8, 4) is 0 Å². The number of nitrogens with zero attached hydrogens (tertiary/aromatic N) is 2. The van der Waals surface area contributed by atoms with Crippen molar-refractivity contribution in [2.24, 2.45) is 4.99 Å². The summed E-state index contributed by atoms with van der Waals surface area (Å²) in [6, 6.07) is 18.3. The molecule has 0 radical (unpaired) electrons. The van der Waals surface area contributed by atoms with Crippen LogP contribution in [0.5, 0.6) is 0 Å². The number of hydrogen-bond acceptors (Lipinski definition) is 2. The van der Waals surface area contributed by atoms with Crippen LogP contribution in [0.15, 0.2) is 65.7 Å². The zero-order valence-electron chi connectivity index (χ0n) is 13.4. The maximum absolute atomic E-state index is 13.4. The molecular formula is C22H14N2O. The summed E-state index contributed by atoms with van der Waals surface area (Å²) in [5, 5.41) is 2.18. The van der Waals surface area contributed by atoms with Crippen LogP contribution in [0, 0.1) is 0 Å². The fourth-order valence-corrected chi connectivity index (χ4v) is 4.43. The highest BCUT2D eigenvalue weighted by Crippen LogP contribution is 2.46. The van der Waals surface area contributed by atoms with Crippen molar-refractivity contribution in [3.63, 3.8) is 0 Å². The van der Waals surface area contributed by atoms with Gasteiger partial charge in [-0.05, 0) is 41.1 Å². The molecule has 1 aliphatic carbocycles. The lowest BCUT2D eigenvalue weighted by molar-refractivity contribution is 0.0997. The molecular weight excluding hydrogens is 308 g/mol. The first-order valence-electron chi connectivity index (χ1n) is 8.57. The number of carbonyl (C=O) groups is 1. The molecule has 0 saturated carbocycles. The number of rotatable bonds is 0. The van der Waals surface area contributed by atoms with E-state index in [-0.39, 0.29) is 11.8 Å². The van der Waals surface area contributed by atoms with Crippen molar-refractivity contribution in [2.45, 2.75) is 12.3 Å². The minimum absolute atomic E-state index is 0.0316. The zero-order chi connectivity index (χ0) is 16.5. The standard InChI is InChI=1S/C22H14N2O/c25-22-16-10-2-6-13-5-1-9-15(19(13)16)21-23-17-11-3-7-14-8-4-12-18(20(14)17)24(21)22/h1-8,10-12,15H,9H2. The Morgan fingerprint density at radius 3 is 2.76 bits per heavy atom. The van der Waals surface area contributed by atoms with Crippen LogP contribution in [0.2, 0.25) is 0 Å². The van der Waals surface area contributed by atoms with E-state index >= 15 is 0 Å². The molecule has 25 heavy (non-hydrogen) atoms. The highest BCUT2D eigenvalue weighted by Gasteiger charge is 2.41. The van der Waals surface area contributed by atoms with Crippen molar-refractivity contribution in [2.75, 3.05) is 4.90 Å².